The van der Waals surface area contributed by atoms with Crippen LogP contribution in [0, 0.1) is 12.8 Å². The maximum absolute atomic E-state index is 12.7. The maximum atomic E-state index is 12.7. The number of hydrogen-bond acceptors (Lipinski definition) is 2. The van der Waals surface area contributed by atoms with Crippen LogP contribution in [0.1, 0.15) is 24.5 Å². The summed E-state index contributed by atoms with van der Waals surface area (Å²) in [5.41, 5.74) is 0.0879. The van der Waals surface area contributed by atoms with Crippen molar-refractivity contribution in [1.29, 1.82) is 0 Å². The molecule has 1 aliphatic rings. The standard InChI is InChI=1S/C14H17F3N2O/c1-8-3-4-10(14(15,16)17)7-12(8)19-13(20)11-5-6-18-9(11)2/h3-4,7,9,11,18H,5-6H2,1-2H3,(H,19,20). The minimum absolute atomic E-state index is 0.0427. The Morgan fingerprint density at radius 2 is 2.10 bits per heavy atom. The van der Waals surface area contributed by atoms with E-state index >= 15 is 0 Å². The van der Waals surface area contributed by atoms with Crippen LogP contribution in [0.2, 0.25) is 0 Å². The molecule has 1 aromatic carbocycles. The van der Waals surface area contributed by atoms with Crippen molar-refractivity contribution >= 4 is 11.6 Å². The average molecular weight is 286 g/mol. The number of halogens is 3. The van der Waals surface area contributed by atoms with E-state index in [1.54, 1.807) is 6.92 Å². The van der Waals surface area contributed by atoms with Gasteiger partial charge in [0.05, 0.1) is 11.5 Å². The lowest BCUT2D eigenvalue weighted by atomic mass is 10.0. The number of amides is 1. The topological polar surface area (TPSA) is 41.1 Å². The minimum atomic E-state index is -4.41. The molecule has 2 rings (SSSR count). The zero-order chi connectivity index (χ0) is 14.9. The second kappa shape index (κ2) is 5.44. The molecule has 0 aliphatic carbocycles. The highest BCUT2D eigenvalue weighted by Crippen LogP contribution is 2.32. The molecule has 0 saturated carbocycles. The fraction of sp³-hybridized carbons (Fsp3) is 0.500. The number of alkyl halides is 3. The van der Waals surface area contributed by atoms with Gasteiger partial charge < -0.3 is 10.6 Å². The molecule has 2 unspecified atom stereocenters. The van der Waals surface area contributed by atoms with Crippen molar-refractivity contribution in [2.75, 3.05) is 11.9 Å². The van der Waals surface area contributed by atoms with E-state index in [0.717, 1.165) is 18.7 Å². The molecule has 0 spiro atoms. The van der Waals surface area contributed by atoms with Gasteiger partial charge in [0.1, 0.15) is 0 Å². The van der Waals surface area contributed by atoms with Gasteiger partial charge in [-0.1, -0.05) is 6.07 Å². The second-order valence-corrected chi connectivity index (χ2v) is 5.15. The number of anilines is 1. The van der Waals surface area contributed by atoms with Crippen LogP contribution in [0.4, 0.5) is 18.9 Å². The Balaban J connectivity index is 2.18. The van der Waals surface area contributed by atoms with Crippen LogP contribution in [0.5, 0.6) is 0 Å². The lowest BCUT2D eigenvalue weighted by Crippen LogP contribution is -2.32. The highest BCUT2D eigenvalue weighted by atomic mass is 19.4. The third-order valence-electron chi connectivity index (χ3n) is 3.68. The van der Waals surface area contributed by atoms with Crippen molar-refractivity contribution < 1.29 is 18.0 Å². The van der Waals surface area contributed by atoms with E-state index in [-0.39, 0.29) is 23.6 Å². The summed E-state index contributed by atoms with van der Waals surface area (Å²) in [6.07, 6.45) is -3.71. The number of benzene rings is 1. The highest BCUT2D eigenvalue weighted by Gasteiger charge is 2.32. The molecule has 1 saturated heterocycles. The summed E-state index contributed by atoms with van der Waals surface area (Å²) in [6, 6.07) is 3.42. The molecule has 0 bridgehead atoms. The third-order valence-corrected chi connectivity index (χ3v) is 3.68. The summed E-state index contributed by atoms with van der Waals surface area (Å²) in [7, 11) is 0. The number of carbonyl (C=O) groups excluding carboxylic acids is 1. The van der Waals surface area contributed by atoms with Gasteiger partial charge in [-0.25, -0.2) is 0 Å². The summed E-state index contributed by atoms with van der Waals surface area (Å²) in [5, 5.41) is 5.76. The molecule has 3 nitrogen and oxygen atoms in total. The molecule has 2 N–H and O–H groups in total. The summed E-state index contributed by atoms with van der Waals surface area (Å²) < 4.78 is 38.0. The fourth-order valence-electron chi connectivity index (χ4n) is 2.38. The Hall–Kier alpha value is -1.56. The van der Waals surface area contributed by atoms with Crippen LogP contribution in [-0.2, 0) is 11.0 Å². The maximum Gasteiger partial charge on any atom is 0.416 e. The van der Waals surface area contributed by atoms with Crippen molar-refractivity contribution in [2.45, 2.75) is 32.5 Å². The summed E-state index contributed by atoms with van der Waals surface area (Å²) in [4.78, 5) is 12.1. The van der Waals surface area contributed by atoms with E-state index in [2.05, 4.69) is 10.6 Å². The summed E-state index contributed by atoms with van der Waals surface area (Å²) >= 11 is 0. The van der Waals surface area contributed by atoms with Crippen molar-refractivity contribution in [3.05, 3.63) is 29.3 Å². The van der Waals surface area contributed by atoms with Crippen molar-refractivity contribution in [1.82, 2.24) is 5.32 Å². The SMILES string of the molecule is Cc1ccc(C(F)(F)F)cc1NC(=O)C1CCNC1C. The van der Waals surface area contributed by atoms with Gasteiger partial charge in [-0.2, -0.15) is 13.2 Å². The molecule has 1 aliphatic heterocycles. The van der Waals surface area contributed by atoms with Gasteiger partial charge in [-0.05, 0) is 44.5 Å². The molecule has 1 heterocycles. The van der Waals surface area contributed by atoms with Gasteiger partial charge in [-0.3, -0.25) is 4.79 Å². The van der Waals surface area contributed by atoms with Crippen LogP contribution in [0.25, 0.3) is 0 Å². The summed E-state index contributed by atoms with van der Waals surface area (Å²) in [5.74, 6) is -0.436. The normalized spacial score (nSPS) is 22.9. The molecule has 1 aromatic rings. The van der Waals surface area contributed by atoms with Gasteiger partial charge in [0, 0.05) is 11.7 Å². The monoisotopic (exact) mass is 286 g/mol. The number of carbonyl (C=O) groups is 1. The van der Waals surface area contributed by atoms with E-state index in [9.17, 15) is 18.0 Å². The Morgan fingerprint density at radius 3 is 2.65 bits per heavy atom. The molecule has 0 aromatic heterocycles. The van der Waals surface area contributed by atoms with Crippen molar-refractivity contribution in [2.24, 2.45) is 5.92 Å². The zero-order valence-electron chi connectivity index (χ0n) is 11.3. The predicted molar refractivity (Wildman–Crippen MR) is 70.4 cm³/mol. The molecular formula is C14H17F3N2O. The molecule has 2 atom stereocenters. The molecule has 1 fully saturated rings. The quantitative estimate of drug-likeness (QED) is 0.877. The van der Waals surface area contributed by atoms with Gasteiger partial charge >= 0.3 is 6.18 Å². The van der Waals surface area contributed by atoms with Crippen LogP contribution in [0.3, 0.4) is 0 Å². The van der Waals surface area contributed by atoms with Gasteiger partial charge in [0.2, 0.25) is 5.91 Å². The minimum Gasteiger partial charge on any atom is -0.326 e. The molecule has 110 valence electrons. The second-order valence-electron chi connectivity index (χ2n) is 5.15. The molecule has 1 amide bonds. The van der Waals surface area contributed by atoms with Crippen molar-refractivity contribution in [3.63, 3.8) is 0 Å². The highest BCUT2D eigenvalue weighted by molar-refractivity contribution is 5.94. The number of hydrogen-bond donors (Lipinski definition) is 2. The lowest BCUT2D eigenvalue weighted by Gasteiger charge is -2.17. The zero-order valence-corrected chi connectivity index (χ0v) is 11.3. The Kier molecular flexibility index (Phi) is 4.04. The number of rotatable bonds is 2. The van der Waals surface area contributed by atoms with E-state index in [0.29, 0.717) is 12.0 Å². The average Bonchev–Trinajstić information content (AvgIpc) is 2.77. The third kappa shape index (κ3) is 3.12. The van der Waals surface area contributed by atoms with E-state index in [4.69, 9.17) is 0 Å². The molecule has 20 heavy (non-hydrogen) atoms. The van der Waals surface area contributed by atoms with Gasteiger partial charge in [-0.15, -0.1) is 0 Å². The number of aryl methyl sites for hydroxylation is 1. The van der Waals surface area contributed by atoms with Crippen LogP contribution in [-0.4, -0.2) is 18.5 Å². The first kappa shape index (κ1) is 14.8. The van der Waals surface area contributed by atoms with Gasteiger partial charge in [0.25, 0.3) is 0 Å². The Morgan fingerprint density at radius 1 is 1.40 bits per heavy atom. The van der Waals surface area contributed by atoms with Gasteiger partial charge in [0.15, 0.2) is 0 Å². The molecular weight excluding hydrogens is 269 g/mol. The first-order valence-electron chi connectivity index (χ1n) is 6.51. The summed E-state index contributed by atoms with van der Waals surface area (Å²) in [6.45, 7) is 4.32. The van der Waals surface area contributed by atoms with E-state index in [1.165, 1.54) is 6.07 Å². The largest absolute Gasteiger partial charge is 0.416 e. The van der Waals surface area contributed by atoms with Crippen molar-refractivity contribution in [3.8, 4) is 0 Å². The Bertz CT molecular complexity index is 514. The Labute approximate surface area is 115 Å². The van der Waals surface area contributed by atoms with Crippen LogP contribution in [0.15, 0.2) is 18.2 Å². The molecule has 0 radical (unpaired) electrons. The first-order chi connectivity index (χ1) is 9.29. The first-order valence-corrected chi connectivity index (χ1v) is 6.51. The van der Waals surface area contributed by atoms with E-state index in [1.807, 2.05) is 6.92 Å². The van der Waals surface area contributed by atoms with Crippen LogP contribution >= 0.6 is 0 Å². The lowest BCUT2D eigenvalue weighted by molar-refractivity contribution is -0.137. The van der Waals surface area contributed by atoms with E-state index < -0.39 is 11.7 Å². The number of nitrogens with one attached hydrogen (secondary N) is 2. The smallest absolute Gasteiger partial charge is 0.326 e. The van der Waals surface area contributed by atoms with Crippen LogP contribution < -0.4 is 10.6 Å². The molecule has 6 heteroatoms. The predicted octanol–water partition coefficient (Wildman–Crippen LogP) is 2.95. The fourth-order valence-corrected chi connectivity index (χ4v) is 2.38.